The van der Waals surface area contributed by atoms with Crippen LogP contribution in [-0.2, 0) is 25.5 Å². The van der Waals surface area contributed by atoms with Crippen molar-refractivity contribution in [3.8, 4) is 10.6 Å². The zero-order valence-corrected chi connectivity index (χ0v) is 16.9. The van der Waals surface area contributed by atoms with E-state index in [4.69, 9.17) is 10.5 Å². The molecule has 1 saturated heterocycles. The number of hydrogen-bond donors (Lipinski definition) is 1. The van der Waals surface area contributed by atoms with Gasteiger partial charge in [0.05, 0.1) is 27.3 Å². The molecule has 0 saturated carbocycles. The summed E-state index contributed by atoms with van der Waals surface area (Å²) in [5, 5.41) is 0. The summed E-state index contributed by atoms with van der Waals surface area (Å²) in [4.78, 5) is 16.1. The summed E-state index contributed by atoms with van der Waals surface area (Å²) in [7, 11) is -3.69. The number of alkyl halides is 3. The number of pyridine rings is 1. The van der Waals surface area contributed by atoms with Crippen molar-refractivity contribution in [1.82, 2.24) is 4.98 Å². The van der Waals surface area contributed by atoms with Crippen molar-refractivity contribution in [3.63, 3.8) is 0 Å². The maximum atomic E-state index is 12.7. The Morgan fingerprint density at radius 2 is 1.90 bits per heavy atom. The topological polar surface area (TPSA) is 99.4 Å². The van der Waals surface area contributed by atoms with Crippen molar-refractivity contribution in [2.75, 3.05) is 19.0 Å². The first kappa shape index (κ1) is 21.7. The molecular formula is C18H19F3N2O4S2. The molecule has 0 radical (unpaired) electrons. The first-order valence-corrected chi connectivity index (χ1v) is 11.2. The summed E-state index contributed by atoms with van der Waals surface area (Å²) in [6.45, 7) is 0.706. The lowest BCUT2D eigenvalue weighted by Gasteiger charge is -2.34. The predicted molar refractivity (Wildman–Crippen MR) is 101 cm³/mol. The van der Waals surface area contributed by atoms with E-state index in [0.717, 1.165) is 17.4 Å². The summed E-state index contributed by atoms with van der Waals surface area (Å²) in [5.41, 5.74) is 3.99. The van der Waals surface area contributed by atoms with Gasteiger partial charge in [0.25, 0.3) is 0 Å². The van der Waals surface area contributed by atoms with Crippen molar-refractivity contribution >= 4 is 27.1 Å². The summed E-state index contributed by atoms with van der Waals surface area (Å²) >= 11 is 0.928. The van der Waals surface area contributed by atoms with E-state index in [1.807, 2.05) is 0 Å². The third kappa shape index (κ3) is 4.78. The predicted octanol–water partition coefficient (Wildman–Crippen LogP) is 3.27. The Morgan fingerprint density at radius 3 is 2.45 bits per heavy atom. The highest BCUT2D eigenvalue weighted by Crippen LogP contribution is 2.37. The molecule has 2 aromatic heterocycles. The van der Waals surface area contributed by atoms with E-state index in [-0.39, 0.29) is 22.1 Å². The lowest BCUT2D eigenvalue weighted by Crippen LogP contribution is -2.43. The van der Waals surface area contributed by atoms with Gasteiger partial charge in [-0.05, 0) is 43.5 Å². The van der Waals surface area contributed by atoms with Crippen LogP contribution in [0.1, 0.15) is 24.8 Å². The van der Waals surface area contributed by atoms with Crippen molar-refractivity contribution in [3.05, 3.63) is 36.0 Å². The first-order chi connectivity index (χ1) is 13.5. The average Bonchev–Trinajstić information content (AvgIpc) is 3.18. The second-order valence-electron chi connectivity index (χ2n) is 6.87. The van der Waals surface area contributed by atoms with Gasteiger partial charge in [-0.25, -0.2) is 8.42 Å². The van der Waals surface area contributed by atoms with Gasteiger partial charge in [0.1, 0.15) is 4.21 Å². The van der Waals surface area contributed by atoms with Gasteiger partial charge < -0.3 is 10.5 Å². The van der Waals surface area contributed by atoms with Gasteiger partial charge in [-0.3, -0.25) is 9.78 Å². The van der Waals surface area contributed by atoms with E-state index in [1.54, 1.807) is 0 Å². The van der Waals surface area contributed by atoms with Gasteiger partial charge in [0, 0.05) is 19.4 Å². The first-order valence-electron chi connectivity index (χ1n) is 8.77. The number of hydrogen-bond acceptors (Lipinski definition) is 6. The lowest BCUT2D eigenvalue weighted by molar-refractivity contribution is -0.137. The second kappa shape index (κ2) is 8.04. The van der Waals surface area contributed by atoms with Crippen molar-refractivity contribution in [2.24, 2.45) is 11.1 Å². The number of aromatic nitrogens is 1. The summed E-state index contributed by atoms with van der Waals surface area (Å²) in [6.07, 6.45) is -2.92. The number of primary amides is 1. The number of halogens is 3. The number of nitrogens with two attached hydrogens (primary N) is 1. The van der Waals surface area contributed by atoms with Crippen LogP contribution in [0.4, 0.5) is 13.2 Å². The van der Waals surface area contributed by atoms with Crippen LogP contribution < -0.4 is 5.73 Å². The third-order valence-corrected chi connectivity index (χ3v) is 8.46. The molecule has 0 unspecified atom stereocenters. The normalized spacial score (nSPS) is 17.2. The maximum absolute atomic E-state index is 12.7. The van der Waals surface area contributed by atoms with Crippen LogP contribution in [0.5, 0.6) is 0 Å². The quantitative estimate of drug-likeness (QED) is 0.731. The molecule has 0 spiro atoms. The zero-order chi connectivity index (χ0) is 21.3. The molecule has 158 valence electrons. The van der Waals surface area contributed by atoms with Crippen LogP contribution in [0.15, 0.2) is 34.7 Å². The molecule has 1 aliphatic heterocycles. The smallest absolute Gasteiger partial charge is 0.381 e. The Morgan fingerprint density at radius 1 is 1.21 bits per heavy atom. The standard InChI is InChI=1S/C18H19F3N2O4S2/c19-18(20,21)12-1-2-13(23-11-12)14-3-4-15(28-14)29(25,26)10-7-17(16(22)24)5-8-27-9-6-17/h1-4,11H,5-10H2,(H2,22,24). The highest BCUT2D eigenvalue weighted by Gasteiger charge is 2.39. The highest BCUT2D eigenvalue weighted by atomic mass is 32.2. The highest BCUT2D eigenvalue weighted by molar-refractivity contribution is 7.93. The van der Waals surface area contributed by atoms with E-state index in [0.29, 0.717) is 37.1 Å². The minimum absolute atomic E-state index is 0.0703. The SMILES string of the molecule is NC(=O)C1(CCS(=O)(=O)c2ccc(-c3ccc(C(F)(F)F)cn3)s2)CCOCC1. The Hall–Kier alpha value is -1.98. The molecule has 11 heteroatoms. The molecule has 6 nitrogen and oxygen atoms in total. The number of carbonyl (C=O) groups excluding carboxylic acids is 1. The summed E-state index contributed by atoms with van der Waals surface area (Å²) < 4.78 is 68.7. The fourth-order valence-electron chi connectivity index (χ4n) is 3.14. The van der Waals surface area contributed by atoms with Crippen LogP contribution in [-0.4, -0.2) is 38.3 Å². The van der Waals surface area contributed by atoms with Crippen LogP contribution in [0, 0.1) is 5.41 Å². The number of sulfone groups is 1. The molecule has 0 aliphatic carbocycles. The van der Waals surface area contributed by atoms with E-state index >= 15 is 0 Å². The Kier molecular flexibility index (Phi) is 6.02. The number of carbonyl (C=O) groups is 1. The Labute approximate surface area is 169 Å². The molecule has 2 aromatic rings. The molecule has 29 heavy (non-hydrogen) atoms. The molecule has 1 aliphatic rings. The minimum atomic E-state index is -4.49. The molecule has 3 rings (SSSR count). The van der Waals surface area contributed by atoms with Crippen LogP contribution in [0.2, 0.25) is 0 Å². The van der Waals surface area contributed by atoms with Gasteiger partial charge in [0.2, 0.25) is 5.91 Å². The number of ether oxygens (including phenoxy) is 1. The Balaban J connectivity index is 1.75. The maximum Gasteiger partial charge on any atom is 0.417 e. The van der Waals surface area contributed by atoms with Crippen LogP contribution in [0.25, 0.3) is 10.6 Å². The van der Waals surface area contributed by atoms with Gasteiger partial charge >= 0.3 is 6.18 Å². The monoisotopic (exact) mass is 448 g/mol. The minimum Gasteiger partial charge on any atom is -0.381 e. The van der Waals surface area contributed by atoms with E-state index in [2.05, 4.69) is 4.98 Å². The molecule has 0 aromatic carbocycles. The summed E-state index contributed by atoms with van der Waals surface area (Å²) in [6, 6.07) is 5.01. The van der Waals surface area contributed by atoms with Crippen LogP contribution in [0.3, 0.4) is 0 Å². The van der Waals surface area contributed by atoms with Gasteiger partial charge in [0.15, 0.2) is 9.84 Å². The molecule has 0 atom stereocenters. The molecule has 3 heterocycles. The van der Waals surface area contributed by atoms with Crippen LogP contribution >= 0.6 is 11.3 Å². The van der Waals surface area contributed by atoms with E-state index < -0.39 is 32.9 Å². The average molecular weight is 448 g/mol. The fraction of sp³-hybridized carbons (Fsp3) is 0.444. The number of rotatable bonds is 6. The molecule has 0 bridgehead atoms. The molecule has 1 amide bonds. The summed E-state index contributed by atoms with van der Waals surface area (Å²) in [5.74, 6) is -0.784. The largest absolute Gasteiger partial charge is 0.417 e. The molecule has 2 N–H and O–H groups in total. The molecular weight excluding hydrogens is 429 g/mol. The van der Waals surface area contributed by atoms with Crippen molar-refractivity contribution in [1.29, 1.82) is 0 Å². The van der Waals surface area contributed by atoms with Gasteiger partial charge in [-0.2, -0.15) is 13.2 Å². The second-order valence-corrected chi connectivity index (χ2v) is 10.3. The number of nitrogens with zero attached hydrogens (tertiary/aromatic N) is 1. The van der Waals surface area contributed by atoms with E-state index in [9.17, 15) is 26.4 Å². The van der Waals surface area contributed by atoms with Gasteiger partial charge in [-0.15, -0.1) is 11.3 Å². The number of amides is 1. The van der Waals surface area contributed by atoms with Gasteiger partial charge in [-0.1, -0.05) is 0 Å². The third-order valence-electron chi connectivity index (χ3n) is 5.05. The van der Waals surface area contributed by atoms with Crippen molar-refractivity contribution in [2.45, 2.75) is 29.6 Å². The van der Waals surface area contributed by atoms with Crippen molar-refractivity contribution < 1.29 is 31.1 Å². The van der Waals surface area contributed by atoms with E-state index in [1.165, 1.54) is 18.2 Å². The lowest BCUT2D eigenvalue weighted by atomic mass is 9.77. The zero-order valence-electron chi connectivity index (χ0n) is 15.2. The Bertz CT molecular complexity index is 979. The molecule has 1 fully saturated rings. The number of thiophene rings is 1. The fourth-order valence-corrected chi connectivity index (χ4v) is 6.02.